The van der Waals surface area contributed by atoms with Gasteiger partial charge in [0.15, 0.2) is 0 Å². The first-order valence-corrected chi connectivity index (χ1v) is 8.00. The summed E-state index contributed by atoms with van der Waals surface area (Å²) in [6.07, 6.45) is 0. The summed E-state index contributed by atoms with van der Waals surface area (Å²) in [5, 5.41) is 7.40. The molecule has 0 aliphatic carbocycles. The van der Waals surface area contributed by atoms with E-state index in [0.29, 0.717) is 18.8 Å². The van der Waals surface area contributed by atoms with E-state index in [4.69, 9.17) is 4.74 Å². The minimum Gasteiger partial charge on any atom is -0.383 e. The smallest absolute Gasteiger partial charge is 0.325 e. The Morgan fingerprint density at radius 3 is 2.38 bits per heavy atom. The van der Waals surface area contributed by atoms with Crippen molar-refractivity contribution < 1.29 is 19.1 Å². The molecular weight excluding hydrogens is 380 g/mol. The average molecular weight is 401 g/mol. The van der Waals surface area contributed by atoms with Crippen molar-refractivity contribution in [2.75, 3.05) is 45.7 Å². The maximum atomic E-state index is 11.8. The summed E-state index contributed by atoms with van der Waals surface area (Å²) in [4.78, 5) is 36.6. The van der Waals surface area contributed by atoms with E-state index in [2.05, 4.69) is 31.9 Å². The van der Waals surface area contributed by atoms with Crippen LogP contribution in [0, 0.1) is 0 Å². The van der Waals surface area contributed by atoms with Crippen LogP contribution in [0.2, 0.25) is 0 Å². The molecule has 0 fully saturated rings. The van der Waals surface area contributed by atoms with Gasteiger partial charge in [-0.25, -0.2) is 4.79 Å². The lowest BCUT2D eigenvalue weighted by molar-refractivity contribution is -0.124. The molecule has 1 aromatic rings. The van der Waals surface area contributed by atoms with Crippen LogP contribution in [0.3, 0.4) is 0 Å². The normalized spacial score (nSPS) is 10.3. The molecule has 1 aromatic carbocycles. The summed E-state index contributed by atoms with van der Waals surface area (Å²) in [5.41, 5.74) is 0.564. The molecule has 1 rings (SSSR count). The highest BCUT2D eigenvalue weighted by molar-refractivity contribution is 9.10. The summed E-state index contributed by atoms with van der Waals surface area (Å²) in [6, 6.07) is 6.32. The van der Waals surface area contributed by atoms with Gasteiger partial charge in [-0.05, 0) is 31.3 Å². The van der Waals surface area contributed by atoms with Gasteiger partial charge in [0.2, 0.25) is 11.8 Å². The van der Waals surface area contributed by atoms with Crippen LogP contribution in [0.1, 0.15) is 0 Å². The van der Waals surface area contributed by atoms with Crippen LogP contribution in [0.5, 0.6) is 0 Å². The molecule has 0 unspecified atom stereocenters. The number of imide groups is 1. The maximum Gasteiger partial charge on any atom is 0.325 e. The van der Waals surface area contributed by atoms with Gasteiger partial charge in [0.05, 0.1) is 19.7 Å². The molecule has 0 radical (unpaired) electrons. The number of carbonyl (C=O) groups excluding carboxylic acids is 3. The van der Waals surface area contributed by atoms with Gasteiger partial charge >= 0.3 is 6.03 Å². The molecule has 0 saturated heterocycles. The largest absolute Gasteiger partial charge is 0.383 e. The number of benzene rings is 1. The molecule has 132 valence electrons. The lowest BCUT2D eigenvalue weighted by Gasteiger charge is -2.15. The highest BCUT2D eigenvalue weighted by Gasteiger charge is 2.13. The van der Waals surface area contributed by atoms with Gasteiger partial charge in [-0.3, -0.25) is 19.8 Å². The van der Waals surface area contributed by atoms with E-state index in [-0.39, 0.29) is 19.0 Å². The fourth-order valence-electron chi connectivity index (χ4n) is 1.76. The Balaban J connectivity index is 2.30. The van der Waals surface area contributed by atoms with Crippen molar-refractivity contribution >= 4 is 39.5 Å². The van der Waals surface area contributed by atoms with Crippen molar-refractivity contribution in [2.24, 2.45) is 0 Å². The van der Waals surface area contributed by atoms with Crippen LogP contribution in [-0.2, 0) is 14.3 Å². The molecule has 8 nitrogen and oxygen atoms in total. The number of urea groups is 1. The monoisotopic (exact) mass is 400 g/mol. The van der Waals surface area contributed by atoms with E-state index in [1.807, 2.05) is 0 Å². The standard InChI is InChI=1S/C15H21BrN4O4/c1-20(9-13(21)17-7-8-24-2)10-14(22)19-15(23)18-12-5-3-11(16)4-6-12/h3-6H,7-10H2,1-2H3,(H,17,21)(H2,18,19,22,23). The summed E-state index contributed by atoms with van der Waals surface area (Å²) < 4.78 is 5.71. The Morgan fingerprint density at radius 2 is 1.75 bits per heavy atom. The predicted octanol–water partition coefficient (Wildman–Crippen LogP) is 0.792. The van der Waals surface area contributed by atoms with Gasteiger partial charge in [0, 0.05) is 23.8 Å². The van der Waals surface area contributed by atoms with Crippen molar-refractivity contribution in [3.05, 3.63) is 28.7 Å². The van der Waals surface area contributed by atoms with Crippen molar-refractivity contribution in [2.45, 2.75) is 0 Å². The quantitative estimate of drug-likeness (QED) is 0.560. The van der Waals surface area contributed by atoms with Crippen LogP contribution in [-0.4, -0.2) is 63.1 Å². The van der Waals surface area contributed by atoms with Crippen LogP contribution in [0.4, 0.5) is 10.5 Å². The Labute approximate surface area is 149 Å². The van der Waals surface area contributed by atoms with E-state index in [9.17, 15) is 14.4 Å². The number of hydrogen-bond acceptors (Lipinski definition) is 5. The molecule has 0 bridgehead atoms. The van der Waals surface area contributed by atoms with Gasteiger partial charge in [-0.15, -0.1) is 0 Å². The predicted molar refractivity (Wildman–Crippen MR) is 93.7 cm³/mol. The second-order valence-electron chi connectivity index (χ2n) is 5.02. The lowest BCUT2D eigenvalue weighted by Crippen LogP contribution is -2.44. The second kappa shape index (κ2) is 10.7. The van der Waals surface area contributed by atoms with Crippen molar-refractivity contribution in [3.63, 3.8) is 0 Å². The number of nitrogens with one attached hydrogen (secondary N) is 3. The fourth-order valence-corrected chi connectivity index (χ4v) is 2.02. The van der Waals surface area contributed by atoms with E-state index in [0.717, 1.165) is 4.47 Å². The number of hydrogen-bond donors (Lipinski definition) is 3. The van der Waals surface area contributed by atoms with E-state index in [1.54, 1.807) is 38.4 Å². The number of methoxy groups -OCH3 is 1. The Hall–Kier alpha value is -1.97. The zero-order valence-electron chi connectivity index (χ0n) is 13.6. The van der Waals surface area contributed by atoms with E-state index < -0.39 is 11.9 Å². The van der Waals surface area contributed by atoms with Gasteiger partial charge in [0.1, 0.15) is 0 Å². The molecule has 0 saturated carbocycles. The molecule has 0 aliphatic heterocycles. The van der Waals surface area contributed by atoms with Gasteiger partial charge < -0.3 is 15.4 Å². The van der Waals surface area contributed by atoms with E-state index in [1.165, 1.54) is 4.90 Å². The van der Waals surface area contributed by atoms with Crippen molar-refractivity contribution in [1.82, 2.24) is 15.5 Å². The van der Waals surface area contributed by atoms with Gasteiger partial charge in [-0.2, -0.15) is 0 Å². The molecule has 4 amide bonds. The van der Waals surface area contributed by atoms with Gasteiger partial charge in [0.25, 0.3) is 0 Å². The third-order valence-corrected chi connectivity index (χ3v) is 3.34. The number of anilines is 1. The molecular formula is C15H21BrN4O4. The molecule has 0 atom stereocenters. The fraction of sp³-hybridized carbons (Fsp3) is 0.400. The summed E-state index contributed by atoms with van der Waals surface area (Å²) in [7, 11) is 3.16. The lowest BCUT2D eigenvalue weighted by atomic mass is 10.3. The minimum absolute atomic E-state index is 0.0471. The van der Waals surface area contributed by atoms with Crippen molar-refractivity contribution in [3.8, 4) is 0 Å². The number of carbonyl (C=O) groups is 3. The zero-order valence-corrected chi connectivity index (χ0v) is 15.2. The maximum absolute atomic E-state index is 11.8. The Bertz CT molecular complexity index is 565. The molecule has 0 aromatic heterocycles. The molecule has 0 heterocycles. The molecule has 9 heteroatoms. The third kappa shape index (κ3) is 8.61. The number of halogens is 1. The van der Waals surface area contributed by atoms with E-state index >= 15 is 0 Å². The first-order valence-electron chi connectivity index (χ1n) is 7.21. The summed E-state index contributed by atoms with van der Waals surface area (Å²) in [6.45, 7) is 0.800. The summed E-state index contributed by atoms with van der Waals surface area (Å²) >= 11 is 3.29. The van der Waals surface area contributed by atoms with Crippen molar-refractivity contribution in [1.29, 1.82) is 0 Å². The molecule has 24 heavy (non-hydrogen) atoms. The topological polar surface area (TPSA) is 99.8 Å². The SMILES string of the molecule is COCCNC(=O)CN(C)CC(=O)NC(=O)Nc1ccc(Br)cc1. The number of ether oxygens (including phenoxy) is 1. The first kappa shape index (κ1) is 20.1. The van der Waals surface area contributed by atoms with Crippen LogP contribution >= 0.6 is 15.9 Å². The highest BCUT2D eigenvalue weighted by atomic mass is 79.9. The van der Waals surface area contributed by atoms with Crippen LogP contribution in [0.25, 0.3) is 0 Å². The highest BCUT2D eigenvalue weighted by Crippen LogP contribution is 2.13. The summed E-state index contributed by atoms with van der Waals surface area (Å²) in [5.74, 6) is -0.724. The zero-order chi connectivity index (χ0) is 17.9. The number of nitrogens with zero attached hydrogens (tertiary/aromatic N) is 1. The Kier molecular flexibility index (Phi) is 8.98. The average Bonchev–Trinajstić information content (AvgIpc) is 2.49. The van der Waals surface area contributed by atoms with Crippen LogP contribution < -0.4 is 16.0 Å². The number of rotatable bonds is 8. The third-order valence-electron chi connectivity index (χ3n) is 2.81. The molecule has 0 spiro atoms. The van der Waals surface area contributed by atoms with Gasteiger partial charge in [-0.1, -0.05) is 15.9 Å². The molecule has 0 aliphatic rings. The number of amides is 4. The molecule has 3 N–H and O–H groups in total. The number of likely N-dealkylation sites (N-methyl/N-ethyl adjacent to an activating group) is 1. The van der Waals surface area contributed by atoms with Crippen LogP contribution in [0.15, 0.2) is 28.7 Å². The second-order valence-corrected chi connectivity index (χ2v) is 5.94. The first-order chi connectivity index (χ1) is 11.4. The Morgan fingerprint density at radius 1 is 1.12 bits per heavy atom. The minimum atomic E-state index is -0.625.